The molecule has 0 aromatic heterocycles. The molecule has 2 aliphatic rings. The van der Waals surface area contributed by atoms with E-state index in [-0.39, 0.29) is 37.5 Å². The smallest absolute Gasteiger partial charge is 0.321 e. The number of nitrogens with one attached hydrogen (secondary N) is 3. The summed E-state index contributed by atoms with van der Waals surface area (Å²) < 4.78 is 46.2. The number of sulfonamides is 1. The molecule has 2 heterocycles. The number of para-hydroxylation sites is 1. The van der Waals surface area contributed by atoms with Crippen molar-refractivity contribution >= 4 is 21.6 Å². The monoisotopic (exact) mass is 567 g/mol. The summed E-state index contributed by atoms with van der Waals surface area (Å²) in [6.45, 7) is 2.26. The van der Waals surface area contributed by atoms with E-state index < -0.39 is 26.0 Å². The number of nitrogens with zero attached hydrogens (tertiary/aromatic N) is 1. The first-order valence-electron chi connectivity index (χ1n) is 13.5. The molecule has 8 nitrogen and oxygen atoms in total. The second-order valence-corrected chi connectivity index (χ2v) is 12.8. The Morgan fingerprint density at radius 3 is 2.45 bits per heavy atom. The van der Waals surface area contributed by atoms with Gasteiger partial charge in [0.05, 0.1) is 24.9 Å². The van der Waals surface area contributed by atoms with Gasteiger partial charge in [0, 0.05) is 18.2 Å². The summed E-state index contributed by atoms with van der Waals surface area (Å²) in [5, 5.41) is 6.54. The highest BCUT2D eigenvalue weighted by Gasteiger charge is 2.60. The average molecular weight is 568 g/mol. The lowest BCUT2D eigenvalue weighted by molar-refractivity contribution is -0.127. The van der Waals surface area contributed by atoms with Crippen LogP contribution in [-0.4, -0.2) is 52.9 Å². The highest BCUT2D eigenvalue weighted by molar-refractivity contribution is 7.90. The summed E-state index contributed by atoms with van der Waals surface area (Å²) in [6.07, 6.45) is 2.72. The van der Waals surface area contributed by atoms with Crippen molar-refractivity contribution in [3.8, 4) is 0 Å². The number of ether oxygens (including phenoxy) is 1. The largest absolute Gasteiger partial charge is 0.375 e. The van der Waals surface area contributed by atoms with Gasteiger partial charge in [-0.15, -0.1) is 0 Å². The molecule has 10 heteroatoms. The molecule has 212 valence electrons. The van der Waals surface area contributed by atoms with Crippen LogP contribution in [-0.2, 0) is 38.1 Å². The molecule has 3 aromatic carbocycles. The fourth-order valence-electron chi connectivity index (χ4n) is 5.89. The van der Waals surface area contributed by atoms with Crippen molar-refractivity contribution < 1.29 is 22.3 Å². The van der Waals surface area contributed by atoms with E-state index in [1.807, 2.05) is 48.5 Å². The van der Waals surface area contributed by atoms with Crippen LogP contribution < -0.4 is 20.1 Å². The van der Waals surface area contributed by atoms with E-state index in [0.29, 0.717) is 11.3 Å². The zero-order valence-electron chi connectivity index (χ0n) is 22.6. The molecule has 3 aromatic rings. The molecule has 1 spiro atoms. The molecule has 0 aliphatic carbocycles. The SMILES string of the molecule is CS(=O)(=O)[N+]1(NC(=O)C(COCc2ccccc2)NCc2cccc(F)c2)CC2(CCNCC2)c2ccccc21. The molecule has 1 fully saturated rings. The van der Waals surface area contributed by atoms with Gasteiger partial charge in [0.2, 0.25) is 0 Å². The molecular weight excluding hydrogens is 531 g/mol. The summed E-state index contributed by atoms with van der Waals surface area (Å²) >= 11 is 0. The summed E-state index contributed by atoms with van der Waals surface area (Å²) in [5.41, 5.74) is 5.72. The molecule has 1 saturated heterocycles. The standard InChI is InChI=1S/C30H35FN4O4S/c1-40(37,38)35(22-30(14-16-32-17-15-30)26-12-5-6-13-28(26)35)34-29(36)27(21-39-20-23-8-3-2-4-9-23)33-19-24-10-7-11-25(31)18-24/h2-13,18,27,32-33H,14-17,19-22H2,1H3/p+1. The van der Waals surface area contributed by atoms with Crippen LogP contribution in [0.2, 0.25) is 0 Å². The summed E-state index contributed by atoms with van der Waals surface area (Å²) in [7, 11) is -3.85. The number of fused-ring (bicyclic) bond motifs is 2. The first-order valence-corrected chi connectivity index (χ1v) is 15.4. The van der Waals surface area contributed by atoms with Crippen molar-refractivity contribution in [2.75, 3.05) is 32.5 Å². The first-order chi connectivity index (χ1) is 19.2. The topological polar surface area (TPSA) is 96.5 Å². The fraction of sp³-hybridized carbons (Fsp3) is 0.367. The van der Waals surface area contributed by atoms with E-state index in [4.69, 9.17) is 4.74 Å². The van der Waals surface area contributed by atoms with Crippen molar-refractivity contribution in [3.05, 3.63) is 101 Å². The van der Waals surface area contributed by atoms with Crippen LogP contribution in [0, 0.1) is 5.82 Å². The Hall–Kier alpha value is -3.15. The zero-order chi connectivity index (χ0) is 28.2. The Morgan fingerprint density at radius 1 is 1.02 bits per heavy atom. The van der Waals surface area contributed by atoms with Crippen LogP contribution in [0.1, 0.15) is 29.5 Å². The number of piperidine rings is 1. The number of rotatable bonds is 10. The quantitative estimate of drug-likeness (QED) is 0.326. The van der Waals surface area contributed by atoms with Crippen LogP contribution in [0.15, 0.2) is 78.9 Å². The minimum absolute atomic E-state index is 0.00346. The van der Waals surface area contributed by atoms with E-state index in [1.54, 1.807) is 18.2 Å². The van der Waals surface area contributed by atoms with E-state index in [2.05, 4.69) is 16.1 Å². The molecule has 2 unspecified atom stereocenters. The Morgan fingerprint density at radius 2 is 1.73 bits per heavy atom. The Balaban J connectivity index is 1.42. The van der Waals surface area contributed by atoms with Gasteiger partial charge in [-0.3, -0.25) is 10.1 Å². The van der Waals surface area contributed by atoms with Crippen molar-refractivity contribution in [2.24, 2.45) is 0 Å². The number of hydrogen-bond donors (Lipinski definition) is 3. The lowest BCUT2D eigenvalue weighted by Crippen LogP contribution is -2.68. The van der Waals surface area contributed by atoms with E-state index in [1.165, 1.54) is 18.4 Å². The van der Waals surface area contributed by atoms with E-state index in [9.17, 15) is 17.6 Å². The van der Waals surface area contributed by atoms with Gasteiger partial charge >= 0.3 is 10.0 Å². The Labute approximate surface area is 235 Å². The Kier molecular flexibility index (Phi) is 8.34. The molecule has 5 rings (SSSR count). The van der Waals surface area contributed by atoms with Gasteiger partial charge < -0.3 is 10.1 Å². The highest BCUT2D eigenvalue weighted by atomic mass is 32.2. The van der Waals surface area contributed by atoms with Gasteiger partial charge in [-0.2, -0.15) is 13.8 Å². The number of benzene rings is 3. The van der Waals surface area contributed by atoms with Gasteiger partial charge in [-0.1, -0.05) is 64.7 Å². The van der Waals surface area contributed by atoms with Crippen molar-refractivity contribution in [1.82, 2.24) is 20.1 Å². The second kappa shape index (κ2) is 11.8. The third-order valence-electron chi connectivity index (χ3n) is 7.96. The highest BCUT2D eigenvalue weighted by Crippen LogP contribution is 2.50. The van der Waals surface area contributed by atoms with Crippen molar-refractivity contribution in [3.63, 3.8) is 0 Å². The fourth-order valence-corrected chi connectivity index (χ4v) is 7.14. The molecule has 3 N–H and O–H groups in total. The van der Waals surface area contributed by atoms with Crippen molar-refractivity contribution in [2.45, 2.75) is 37.5 Å². The number of carbonyl (C=O) groups excluding carboxylic acids is 1. The van der Waals surface area contributed by atoms with Crippen LogP contribution in [0.3, 0.4) is 0 Å². The lowest BCUT2D eigenvalue weighted by Gasteiger charge is -2.36. The maximum atomic E-state index is 13.9. The molecule has 2 atom stereocenters. The number of carbonyl (C=O) groups is 1. The molecular formula is C30H36FN4O4S+. The molecule has 0 bridgehead atoms. The van der Waals surface area contributed by atoms with Gasteiger partial charge in [0.1, 0.15) is 18.4 Å². The molecule has 40 heavy (non-hydrogen) atoms. The van der Waals surface area contributed by atoms with Crippen molar-refractivity contribution in [1.29, 1.82) is 0 Å². The number of hydrogen-bond acceptors (Lipinski definition) is 6. The molecule has 0 radical (unpaired) electrons. The summed E-state index contributed by atoms with van der Waals surface area (Å²) in [5.74, 6) is -0.876. The Bertz CT molecular complexity index is 1450. The van der Waals surface area contributed by atoms with E-state index in [0.717, 1.165) is 37.1 Å². The predicted molar refractivity (Wildman–Crippen MR) is 153 cm³/mol. The minimum atomic E-state index is -3.85. The first kappa shape index (κ1) is 28.4. The maximum absolute atomic E-state index is 13.9. The lowest BCUT2D eigenvalue weighted by atomic mass is 9.75. The van der Waals surface area contributed by atoms with Crippen LogP contribution in [0.4, 0.5) is 10.1 Å². The third-order valence-corrected chi connectivity index (χ3v) is 9.51. The van der Waals surface area contributed by atoms with Crippen LogP contribution in [0.5, 0.6) is 0 Å². The summed E-state index contributed by atoms with van der Waals surface area (Å²) in [4.78, 5) is 13.9. The van der Waals surface area contributed by atoms with Gasteiger partial charge in [0.25, 0.3) is 5.91 Å². The average Bonchev–Trinajstić information content (AvgIpc) is 3.21. The summed E-state index contributed by atoms with van der Waals surface area (Å²) in [6, 6.07) is 22.4. The van der Waals surface area contributed by atoms with Crippen LogP contribution in [0.25, 0.3) is 0 Å². The van der Waals surface area contributed by atoms with Gasteiger partial charge in [0.15, 0.2) is 5.69 Å². The molecule has 2 aliphatic heterocycles. The zero-order valence-corrected chi connectivity index (χ0v) is 23.4. The van der Waals surface area contributed by atoms with Gasteiger partial charge in [-0.25, -0.2) is 4.39 Å². The maximum Gasteiger partial charge on any atom is 0.321 e. The number of quaternary nitrogens is 1. The normalized spacial score (nSPS) is 20.6. The number of amides is 1. The molecule has 1 amide bonds. The molecule has 0 saturated carbocycles. The van der Waals surface area contributed by atoms with Crippen LogP contribution >= 0.6 is 0 Å². The van der Waals surface area contributed by atoms with Gasteiger partial charge in [-0.05, 0) is 49.2 Å². The second-order valence-electron chi connectivity index (χ2n) is 10.7. The minimum Gasteiger partial charge on any atom is -0.375 e. The third kappa shape index (κ3) is 5.82. The number of halogens is 1. The van der Waals surface area contributed by atoms with E-state index >= 15 is 0 Å². The predicted octanol–water partition coefficient (Wildman–Crippen LogP) is 3.13.